The summed E-state index contributed by atoms with van der Waals surface area (Å²) in [4.78, 5) is 103. The fourth-order valence-corrected chi connectivity index (χ4v) is 5.25. The summed E-state index contributed by atoms with van der Waals surface area (Å²) in [6.07, 6.45) is 8.67. The van der Waals surface area contributed by atoms with E-state index in [0.29, 0.717) is 0 Å². The molecule has 0 aromatic heterocycles. The number of hydrogen-bond donors (Lipinski definition) is 0. The van der Waals surface area contributed by atoms with Gasteiger partial charge in [0.25, 0.3) is 47.3 Å². The first-order valence-corrected chi connectivity index (χ1v) is 14.1. The molecule has 7 rings (SSSR count). The Balaban J connectivity index is 1.22. The molecule has 4 heterocycles. The van der Waals surface area contributed by atoms with Crippen LogP contribution in [0, 0.1) is 0 Å². The SMILES string of the molecule is O=C1C=CC(=O)N1c1ccc(Oc2cccc(Oc3ccc(N4C(=O)C=CC4=O)cc3N3C(=O)C=CC3=O)c2)c(N2C(=O)C=CC2=O)c1. The zero-order valence-electron chi connectivity index (χ0n) is 24.3. The zero-order valence-corrected chi connectivity index (χ0v) is 24.3. The van der Waals surface area contributed by atoms with Gasteiger partial charge in [-0.15, -0.1) is 0 Å². The van der Waals surface area contributed by atoms with Crippen molar-refractivity contribution in [3.8, 4) is 23.0 Å². The van der Waals surface area contributed by atoms with E-state index in [4.69, 9.17) is 9.47 Å². The van der Waals surface area contributed by atoms with Gasteiger partial charge in [0, 0.05) is 54.7 Å². The lowest BCUT2D eigenvalue weighted by molar-refractivity contribution is -0.121. The molecule has 234 valence electrons. The Kier molecular flexibility index (Phi) is 6.94. The third-order valence-corrected chi connectivity index (χ3v) is 7.38. The minimum atomic E-state index is -0.666. The Labute approximate surface area is 269 Å². The predicted molar refractivity (Wildman–Crippen MR) is 166 cm³/mol. The van der Waals surface area contributed by atoms with Crippen LogP contribution in [-0.2, 0) is 38.4 Å². The summed E-state index contributed by atoms with van der Waals surface area (Å²) in [7, 11) is 0. The quantitative estimate of drug-likeness (QED) is 0.333. The standard InChI is InChI=1S/C34H18N4O10/c39-27-8-9-28(40)35(27)19-4-6-25(23(16-19)37-31(43)12-13-32(37)44)47-21-2-1-3-22(18-21)48-26-7-5-20(36-29(41)10-11-30(36)42)17-24(26)38-33(45)14-15-34(38)46/h1-18H. The maximum Gasteiger partial charge on any atom is 0.258 e. The summed E-state index contributed by atoms with van der Waals surface area (Å²) >= 11 is 0. The number of carbonyl (C=O) groups is 8. The number of carbonyl (C=O) groups excluding carboxylic acids is 8. The minimum absolute atomic E-state index is 0.0197. The van der Waals surface area contributed by atoms with E-state index in [9.17, 15) is 38.4 Å². The molecule has 0 unspecified atom stereocenters. The molecule has 0 bridgehead atoms. The van der Waals surface area contributed by atoms with Gasteiger partial charge in [-0.3, -0.25) is 38.4 Å². The Morgan fingerprint density at radius 1 is 0.354 bits per heavy atom. The van der Waals surface area contributed by atoms with Crippen molar-refractivity contribution < 1.29 is 47.8 Å². The molecule has 8 amide bonds. The summed E-state index contributed by atoms with van der Waals surface area (Å²) in [6, 6.07) is 14.3. The van der Waals surface area contributed by atoms with Gasteiger partial charge in [0.15, 0.2) is 11.5 Å². The first-order chi connectivity index (χ1) is 23.1. The molecule has 0 aliphatic carbocycles. The summed E-state index contributed by atoms with van der Waals surface area (Å²) in [6.45, 7) is 0. The van der Waals surface area contributed by atoms with Crippen LogP contribution in [0.4, 0.5) is 22.7 Å². The third kappa shape index (κ3) is 5.04. The van der Waals surface area contributed by atoms with Gasteiger partial charge in [-0.25, -0.2) is 19.6 Å². The average molecular weight is 643 g/mol. The van der Waals surface area contributed by atoms with Gasteiger partial charge < -0.3 is 9.47 Å². The van der Waals surface area contributed by atoms with Crippen LogP contribution in [0.5, 0.6) is 23.0 Å². The highest BCUT2D eigenvalue weighted by Crippen LogP contribution is 2.41. The summed E-state index contributed by atoms with van der Waals surface area (Å²) < 4.78 is 12.1. The smallest absolute Gasteiger partial charge is 0.258 e. The van der Waals surface area contributed by atoms with Crippen molar-refractivity contribution >= 4 is 70.0 Å². The highest BCUT2D eigenvalue weighted by atomic mass is 16.5. The van der Waals surface area contributed by atoms with Gasteiger partial charge in [0.2, 0.25) is 0 Å². The summed E-state index contributed by atoms with van der Waals surface area (Å²) in [5.74, 6) is -4.70. The highest BCUT2D eigenvalue weighted by molar-refractivity contribution is 6.31. The van der Waals surface area contributed by atoms with Gasteiger partial charge in [0.1, 0.15) is 11.5 Å². The van der Waals surface area contributed by atoms with E-state index in [-0.39, 0.29) is 45.7 Å². The summed E-state index contributed by atoms with van der Waals surface area (Å²) in [5.41, 5.74) is 0.129. The highest BCUT2D eigenvalue weighted by Gasteiger charge is 2.33. The molecule has 0 N–H and O–H groups in total. The van der Waals surface area contributed by atoms with Gasteiger partial charge >= 0.3 is 0 Å². The van der Waals surface area contributed by atoms with E-state index >= 15 is 0 Å². The van der Waals surface area contributed by atoms with Gasteiger partial charge in [-0.2, -0.15) is 0 Å². The average Bonchev–Trinajstić information content (AvgIpc) is 3.79. The van der Waals surface area contributed by atoms with E-state index in [1.807, 2.05) is 0 Å². The minimum Gasteiger partial charge on any atom is -0.455 e. The van der Waals surface area contributed by atoms with Crippen molar-refractivity contribution in [2.75, 3.05) is 19.6 Å². The zero-order chi connectivity index (χ0) is 33.7. The van der Waals surface area contributed by atoms with Crippen LogP contribution in [0.3, 0.4) is 0 Å². The molecular formula is C34H18N4O10. The number of hydrogen-bond acceptors (Lipinski definition) is 10. The van der Waals surface area contributed by atoms with E-state index in [0.717, 1.165) is 68.2 Å². The van der Waals surface area contributed by atoms with Crippen molar-refractivity contribution in [2.45, 2.75) is 0 Å². The second-order valence-corrected chi connectivity index (χ2v) is 10.4. The second-order valence-electron chi connectivity index (χ2n) is 10.4. The number of rotatable bonds is 8. The van der Waals surface area contributed by atoms with Crippen LogP contribution in [0.15, 0.2) is 109 Å². The van der Waals surface area contributed by atoms with Crippen molar-refractivity contribution in [3.63, 3.8) is 0 Å². The molecular weight excluding hydrogens is 624 g/mol. The van der Waals surface area contributed by atoms with E-state index < -0.39 is 47.3 Å². The predicted octanol–water partition coefficient (Wildman–Crippen LogP) is 2.99. The lowest BCUT2D eigenvalue weighted by Gasteiger charge is -2.22. The maximum atomic E-state index is 12.6. The van der Waals surface area contributed by atoms with Crippen LogP contribution >= 0.6 is 0 Å². The Morgan fingerprint density at radius 2 is 0.667 bits per heavy atom. The topological polar surface area (TPSA) is 168 Å². The molecule has 4 aliphatic heterocycles. The molecule has 3 aromatic rings. The normalized spacial score (nSPS) is 17.0. The van der Waals surface area contributed by atoms with Crippen molar-refractivity contribution in [1.82, 2.24) is 0 Å². The fourth-order valence-electron chi connectivity index (χ4n) is 5.25. The molecule has 0 spiro atoms. The monoisotopic (exact) mass is 642 g/mol. The molecule has 0 saturated heterocycles. The van der Waals surface area contributed by atoms with Crippen LogP contribution in [-0.4, -0.2) is 47.3 Å². The van der Waals surface area contributed by atoms with E-state index in [1.54, 1.807) is 18.2 Å². The first kappa shape index (κ1) is 29.5. The lowest BCUT2D eigenvalue weighted by atomic mass is 10.2. The van der Waals surface area contributed by atoms with E-state index in [1.165, 1.54) is 42.5 Å². The number of imide groups is 4. The molecule has 0 fully saturated rings. The maximum absolute atomic E-state index is 12.6. The van der Waals surface area contributed by atoms with Crippen molar-refractivity contribution in [2.24, 2.45) is 0 Å². The largest absolute Gasteiger partial charge is 0.455 e. The Hall–Kier alpha value is -7.22. The number of ether oxygens (including phenoxy) is 2. The van der Waals surface area contributed by atoms with Crippen LogP contribution in [0.1, 0.15) is 0 Å². The van der Waals surface area contributed by atoms with Crippen LogP contribution in [0.2, 0.25) is 0 Å². The number of nitrogens with zero attached hydrogens (tertiary/aromatic N) is 4. The molecule has 14 heteroatoms. The Bertz CT molecular complexity index is 1960. The third-order valence-electron chi connectivity index (χ3n) is 7.38. The van der Waals surface area contributed by atoms with Gasteiger partial charge in [-0.05, 0) is 48.5 Å². The fraction of sp³-hybridized carbons (Fsp3) is 0. The molecule has 0 radical (unpaired) electrons. The molecule has 14 nitrogen and oxygen atoms in total. The molecule has 4 aliphatic rings. The molecule has 0 saturated carbocycles. The Morgan fingerprint density at radius 3 is 1.00 bits per heavy atom. The summed E-state index contributed by atoms with van der Waals surface area (Å²) in [5, 5.41) is 0. The molecule has 0 atom stereocenters. The molecule has 48 heavy (non-hydrogen) atoms. The van der Waals surface area contributed by atoms with Crippen LogP contribution < -0.4 is 29.1 Å². The molecule has 3 aromatic carbocycles. The lowest BCUT2D eigenvalue weighted by Crippen LogP contribution is -2.32. The van der Waals surface area contributed by atoms with Crippen molar-refractivity contribution in [3.05, 3.63) is 109 Å². The number of anilines is 4. The second kappa shape index (κ2) is 11.3. The van der Waals surface area contributed by atoms with Gasteiger partial charge in [-0.1, -0.05) is 6.07 Å². The number of benzene rings is 3. The number of amides is 8. The van der Waals surface area contributed by atoms with Gasteiger partial charge in [0.05, 0.1) is 22.7 Å². The van der Waals surface area contributed by atoms with Crippen molar-refractivity contribution in [1.29, 1.82) is 0 Å². The first-order valence-electron chi connectivity index (χ1n) is 14.1. The van der Waals surface area contributed by atoms with Crippen LogP contribution in [0.25, 0.3) is 0 Å². The van der Waals surface area contributed by atoms with E-state index in [2.05, 4.69) is 0 Å².